The molecule has 0 aliphatic carbocycles. The first-order chi connectivity index (χ1) is 8.33. The summed E-state index contributed by atoms with van der Waals surface area (Å²) in [6, 6.07) is 10.4. The van der Waals surface area contributed by atoms with Crippen molar-refractivity contribution in [1.29, 1.82) is 0 Å². The number of fused-ring (bicyclic) bond motifs is 1. The van der Waals surface area contributed by atoms with Gasteiger partial charge in [-0.3, -0.25) is 4.98 Å². The standard InChI is InChI=1S/C14H13N3/c1-11-8-12(9-17-7-6-15-10-17)13-4-2-3-5-14(13)16-11/h2-8,10H,9H2,1H3. The maximum Gasteiger partial charge on any atom is 0.0949 e. The maximum absolute atomic E-state index is 4.54. The van der Waals surface area contributed by atoms with E-state index in [1.54, 1.807) is 6.20 Å². The predicted octanol–water partition coefficient (Wildman–Crippen LogP) is 2.79. The second-order valence-corrected chi connectivity index (χ2v) is 4.17. The van der Waals surface area contributed by atoms with Crippen LogP contribution in [0.5, 0.6) is 0 Å². The summed E-state index contributed by atoms with van der Waals surface area (Å²) in [6.45, 7) is 2.87. The molecule has 0 saturated carbocycles. The van der Waals surface area contributed by atoms with Crippen molar-refractivity contribution in [1.82, 2.24) is 14.5 Å². The van der Waals surface area contributed by atoms with E-state index in [1.807, 2.05) is 25.5 Å². The highest BCUT2D eigenvalue weighted by molar-refractivity contribution is 5.82. The molecule has 2 heterocycles. The molecular formula is C14H13N3. The van der Waals surface area contributed by atoms with Crippen LogP contribution in [0.1, 0.15) is 11.3 Å². The molecule has 3 aromatic rings. The average molecular weight is 223 g/mol. The van der Waals surface area contributed by atoms with Crippen LogP contribution in [0.2, 0.25) is 0 Å². The number of hydrogen-bond donors (Lipinski definition) is 0. The summed E-state index contributed by atoms with van der Waals surface area (Å²) in [4.78, 5) is 8.61. The molecule has 0 bridgehead atoms. The Morgan fingerprint density at radius 2 is 2.12 bits per heavy atom. The molecule has 0 amide bonds. The summed E-state index contributed by atoms with van der Waals surface area (Å²) in [5.74, 6) is 0. The third kappa shape index (κ3) is 1.91. The van der Waals surface area contributed by atoms with Gasteiger partial charge in [0.1, 0.15) is 0 Å². The first kappa shape index (κ1) is 10.0. The van der Waals surface area contributed by atoms with E-state index in [4.69, 9.17) is 0 Å². The van der Waals surface area contributed by atoms with E-state index in [0.717, 1.165) is 17.8 Å². The van der Waals surface area contributed by atoms with Gasteiger partial charge in [-0.2, -0.15) is 0 Å². The lowest BCUT2D eigenvalue weighted by Gasteiger charge is -2.08. The molecule has 17 heavy (non-hydrogen) atoms. The molecule has 0 saturated heterocycles. The fourth-order valence-electron chi connectivity index (χ4n) is 2.10. The molecule has 0 N–H and O–H groups in total. The van der Waals surface area contributed by atoms with Crippen molar-refractivity contribution in [2.45, 2.75) is 13.5 Å². The van der Waals surface area contributed by atoms with Crippen molar-refractivity contribution in [3.8, 4) is 0 Å². The molecule has 3 heteroatoms. The minimum Gasteiger partial charge on any atom is -0.333 e. The quantitative estimate of drug-likeness (QED) is 0.668. The van der Waals surface area contributed by atoms with Crippen molar-refractivity contribution in [2.75, 3.05) is 0 Å². The van der Waals surface area contributed by atoms with Crippen LogP contribution in [-0.4, -0.2) is 14.5 Å². The van der Waals surface area contributed by atoms with Crippen LogP contribution < -0.4 is 0 Å². The number of imidazole rings is 1. The van der Waals surface area contributed by atoms with E-state index in [2.05, 4.69) is 38.8 Å². The van der Waals surface area contributed by atoms with Gasteiger partial charge in [0.15, 0.2) is 0 Å². The van der Waals surface area contributed by atoms with E-state index < -0.39 is 0 Å². The van der Waals surface area contributed by atoms with Crippen LogP contribution in [0.4, 0.5) is 0 Å². The van der Waals surface area contributed by atoms with Crippen molar-refractivity contribution in [2.24, 2.45) is 0 Å². The largest absolute Gasteiger partial charge is 0.333 e. The van der Waals surface area contributed by atoms with Crippen molar-refractivity contribution >= 4 is 10.9 Å². The van der Waals surface area contributed by atoms with Gasteiger partial charge in [0.05, 0.1) is 11.8 Å². The molecule has 0 radical (unpaired) electrons. The van der Waals surface area contributed by atoms with Gasteiger partial charge < -0.3 is 4.57 Å². The topological polar surface area (TPSA) is 30.7 Å². The number of benzene rings is 1. The second kappa shape index (κ2) is 4.01. The number of nitrogens with zero attached hydrogens (tertiary/aromatic N) is 3. The van der Waals surface area contributed by atoms with Crippen molar-refractivity contribution in [3.63, 3.8) is 0 Å². The molecule has 3 nitrogen and oxygen atoms in total. The normalized spacial score (nSPS) is 10.9. The molecule has 0 spiro atoms. The van der Waals surface area contributed by atoms with Gasteiger partial charge in [-0.25, -0.2) is 4.98 Å². The van der Waals surface area contributed by atoms with Crippen molar-refractivity contribution < 1.29 is 0 Å². The molecule has 0 fully saturated rings. The highest BCUT2D eigenvalue weighted by Crippen LogP contribution is 2.18. The fraction of sp³-hybridized carbons (Fsp3) is 0.143. The highest BCUT2D eigenvalue weighted by Gasteiger charge is 2.03. The van der Waals surface area contributed by atoms with Gasteiger partial charge in [0.2, 0.25) is 0 Å². The molecular weight excluding hydrogens is 210 g/mol. The molecule has 0 unspecified atom stereocenters. The number of para-hydroxylation sites is 1. The van der Waals surface area contributed by atoms with Gasteiger partial charge in [-0.05, 0) is 24.6 Å². The minimum atomic E-state index is 0.837. The summed E-state index contributed by atoms with van der Waals surface area (Å²) < 4.78 is 2.07. The Balaban J connectivity index is 2.14. The smallest absolute Gasteiger partial charge is 0.0949 e. The zero-order valence-electron chi connectivity index (χ0n) is 9.67. The van der Waals surface area contributed by atoms with Gasteiger partial charge in [0, 0.05) is 30.0 Å². The maximum atomic E-state index is 4.54. The molecule has 0 aliphatic heterocycles. The Hall–Kier alpha value is -2.16. The van der Waals surface area contributed by atoms with Gasteiger partial charge >= 0.3 is 0 Å². The third-order valence-electron chi connectivity index (χ3n) is 2.84. The summed E-state index contributed by atoms with van der Waals surface area (Å²) in [7, 11) is 0. The SMILES string of the molecule is Cc1cc(Cn2ccnc2)c2ccccc2n1. The summed E-state index contributed by atoms with van der Waals surface area (Å²) in [6.07, 6.45) is 5.62. The van der Waals surface area contributed by atoms with Gasteiger partial charge in [0.25, 0.3) is 0 Å². The number of aryl methyl sites for hydroxylation is 1. The van der Waals surface area contributed by atoms with Crippen LogP contribution >= 0.6 is 0 Å². The Labute approximate surface area is 99.8 Å². The third-order valence-corrected chi connectivity index (χ3v) is 2.84. The van der Waals surface area contributed by atoms with E-state index in [9.17, 15) is 0 Å². The molecule has 1 aromatic carbocycles. The Morgan fingerprint density at radius 3 is 2.94 bits per heavy atom. The molecule has 0 aliphatic rings. The first-order valence-electron chi connectivity index (χ1n) is 5.64. The van der Waals surface area contributed by atoms with E-state index in [0.29, 0.717) is 0 Å². The Kier molecular flexibility index (Phi) is 2.37. The molecule has 3 rings (SSSR count). The molecule has 2 aromatic heterocycles. The number of hydrogen-bond acceptors (Lipinski definition) is 2. The molecule has 84 valence electrons. The van der Waals surface area contributed by atoms with E-state index in [-0.39, 0.29) is 0 Å². The number of rotatable bonds is 2. The lowest BCUT2D eigenvalue weighted by atomic mass is 10.1. The van der Waals surface area contributed by atoms with E-state index >= 15 is 0 Å². The highest BCUT2D eigenvalue weighted by atomic mass is 15.0. The Morgan fingerprint density at radius 1 is 1.24 bits per heavy atom. The second-order valence-electron chi connectivity index (χ2n) is 4.17. The zero-order valence-corrected chi connectivity index (χ0v) is 9.67. The van der Waals surface area contributed by atoms with Crippen LogP contribution in [0, 0.1) is 6.92 Å². The Bertz CT molecular complexity index is 642. The number of aromatic nitrogens is 3. The summed E-state index contributed by atoms with van der Waals surface area (Å²) >= 11 is 0. The summed E-state index contributed by atoms with van der Waals surface area (Å²) in [5, 5.41) is 1.21. The lowest BCUT2D eigenvalue weighted by molar-refractivity contribution is 0.800. The monoisotopic (exact) mass is 223 g/mol. The zero-order chi connectivity index (χ0) is 11.7. The fourth-order valence-corrected chi connectivity index (χ4v) is 2.10. The van der Waals surface area contributed by atoms with Gasteiger partial charge in [-0.1, -0.05) is 18.2 Å². The molecule has 0 atom stereocenters. The van der Waals surface area contributed by atoms with Crippen molar-refractivity contribution in [3.05, 3.63) is 60.3 Å². The van der Waals surface area contributed by atoms with Crippen LogP contribution in [0.25, 0.3) is 10.9 Å². The average Bonchev–Trinajstić information content (AvgIpc) is 2.81. The van der Waals surface area contributed by atoms with E-state index in [1.165, 1.54) is 10.9 Å². The number of pyridine rings is 1. The predicted molar refractivity (Wildman–Crippen MR) is 67.8 cm³/mol. The summed E-state index contributed by atoms with van der Waals surface area (Å²) in [5.41, 5.74) is 3.40. The lowest BCUT2D eigenvalue weighted by Crippen LogP contribution is -1.99. The first-order valence-corrected chi connectivity index (χ1v) is 5.64. The minimum absolute atomic E-state index is 0.837. The van der Waals surface area contributed by atoms with Crippen LogP contribution in [-0.2, 0) is 6.54 Å². The van der Waals surface area contributed by atoms with Crippen LogP contribution in [0.15, 0.2) is 49.1 Å². The van der Waals surface area contributed by atoms with Crippen LogP contribution in [0.3, 0.4) is 0 Å². The van der Waals surface area contributed by atoms with Gasteiger partial charge in [-0.15, -0.1) is 0 Å².